The number of rotatable bonds is 6. The number of nitrogens with one attached hydrogen (secondary N) is 1. The average molecular weight is 263 g/mol. The Balaban J connectivity index is 2.30. The van der Waals surface area contributed by atoms with Gasteiger partial charge in [0.2, 0.25) is 0 Å². The van der Waals surface area contributed by atoms with Crippen LogP contribution in [0.3, 0.4) is 0 Å². The second-order valence-electron chi connectivity index (χ2n) is 4.63. The molecule has 1 rings (SSSR count). The molecule has 0 aromatic heterocycles. The molecule has 17 heavy (non-hydrogen) atoms. The van der Waals surface area contributed by atoms with E-state index >= 15 is 0 Å². The van der Waals surface area contributed by atoms with Crippen molar-refractivity contribution in [1.29, 1.82) is 0 Å². The summed E-state index contributed by atoms with van der Waals surface area (Å²) in [5, 5.41) is 2.76. The maximum absolute atomic E-state index is 11.6. The summed E-state index contributed by atoms with van der Waals surface area (Å²) in [6.45, 7) is 5.23. The minimum Gasteiger partial charge on any atom is -0.379 e. The van der Waals surface area contributed by atoms with Crippen molar-refractivity contribution in [3.63, 3.8) is 0 Å². The summed E-state index contributed by atoms with van der Waals surface area (Å²) in [7, 11) is -3.11. The van der Waals surface area contributed by atoms with Gasteiger partial charge in [-0.2, -0.15) is 0 Å². The molecule has 0 amide bonds. The SMILES string of the molecule is CC(C)S(=O)(=O)CCC(=O)CC1COCCN1. The third kappa shape index (κ3) is 5.14. The van der Waals surface area contributed by atoms with E-state index in [2.05, 4.69) is 5.32 Å². The van der Waals surface area contributed by atoms with Gasteiger partial charge < -0.3 is 10.1 Å². The van der Waals surface area contributed by atoms with E-state index in [9.17, 15) is 13.2 Å². The Labute approximate surface area is 103 Å². The highest BCUT2D eigenvalue weighted by molar-refractivity contribution is 7.91. The Morgan fingerprint density at radius 3 is 2.71 bits per heavy atom. The molecule has 1 aliphatic heterocycles. The molecule has 6 heteroatoms. The maximum Gasteiger partial charge on any atom is 0.153 e. The molecule has 0 aliphatic carbocycles. The highest BCUT2D eigenvalue weighted by atomic mass is 32.2. The molecule has 1 saturated heterocycles. The molecule has 0 saturated carbocycles. The normalized spacial score (nSPS) is 21.7. The summed E-state index contributed by atoms with van der Waals surface area (Å²) in [4.78, 5) is 11.6. The first-order chi connectivity index (χ1) is 7.92. The van der Waals surface area contributed by atoms with E-state index in [1.54, 1.807) is 13.8 Å². The maximum atomic E-state index is 11.6. The topological polar surface area (TPSA) is 72.5 Å². The van der Waals surface area contributed by atoms with Crippen molar-refractivity contribution in [1.82, 2.24) is 5.32 Å². The number of hydrogen-bond acceptors (Lipinski definition) is 5. The number of hydrogen-bond donors (Lipinski definition) is 1. The largest absolute Gasteiger partial charge is 0.379 e. The van der Waals surface area contributed by atoms with Gasteiger partial charge in [-0.3, -0.25) is 4.79 Å². The highest BCUT2D eigenvalue weighted by Crippen LogP contribution is 2.06. The lowest BCUT2D eigenvalue weighted by molar-refractivity contribution is -0.119. The van der Waals surface area contributed by atoms with Crippen LogP contribution in [0.25, 0.3) is 0 Å². The zero-order chi connectivity index (χ0) is 12.9. The van der Waals surface area contributed by atoms with E-state index in [4.69, 9.17) is 4.74 Å². The second kappa shape index (κ2) is 6.47. The van der Waals surface area contributed by atoms with Crippen molar-refractivity contribution in [3.8, 4) is 0 Å². The molecule has 0 radical (unpaired) electrons. The van der Waals surface area contributed by atoms with Gasteiger partial charge in [-0.25, -0.2) is 8.42 Å². The minimum absolute atomic E-state index is 0.0165. The van der Waals surface area contributed by atoms with Crippen LogP contribution in [0.2, 0.25) is 0 Å². The lowest BCUT2D eigenvalue weighted by atomic mass is 10.1. The zero-order valence-corrected chi connectivity index (χ0v) is 11.3. The predicted molar refractivity (Wildman–Crippen MR) is 65.8 cm³/mol. The number of sulfone groups is 1. The summed E-state index contributed by atoms with van der Waals surface area (Å²) in [5.41, 5.74) is 0. The third-order valence-corrected chi connectivity index (χ3v) is 5.07. The number of ketones is 1. The molecule has 0 spiro atoms. The summed E-state index contributed by atoms with van der Waals surface area (Å²) >= 11 is 0. The van der Waals surface area contributed by atoms with Gasteiger partial charge in [0.05, 0.1) is 24.2 Å². The molecule has 0 aromatic rings. The zero-order valence-electron chi connectivity index (χ0n) is 10.4. The Morgan fingerprint density at radius 2 is 2.18 bits per heavy atom. The molecule has 100 valence electrons. The van der Waals surface area contributed by atoms with E-state index in [0.29, 0.717) is 19.6 Å². The molecule has 1 N–H and O–H groups in total. The molecule has 0 aromatic carbocycles. The van der Waals surface area contributed by atoms with Crippen LogP contribution in [-0.2, 0) is 19.4 Å². The molecule has 1 unspecified atom stereocenters. The molecular formula is C11H21NO4S. The fraction of sp³-hybridized carbons (Fsp3) is 0.909. The Bertz CT molecular complexity index is 344. The van der Waals surface area contributed by atoms with Crippen LogP contribution >= 0.6 is 0 Å². The predicted octanol–water partition coefficient (Wildman–Crippen LogP) is 0.147. The van der Waals surface area contributed by atoms with Gasteiger partial charge in [-0.05, 0) is 13.8 Å². The molecule has 0 bridgehead atoms. The highest BCUT2D eigenvalue weighted by Gasteiger charge is 2.20. The Morgan fingerprint density at radius 1 is 1.47 bits per heavy atom. The lowest BCUT2D eigenvalue weighted by Crippen LogP contribution is -2.42. The number of carbonyl (C=O) groups is 1. The Kier molecular flexibility index (Phi) is 5.55. The lowest BCUT2D eigenvalue weighted by Gasteiger charge is -2.23. The number of Topliss-reactive ketones (excluding diaryl/α,β-unsaturated/α-hetero) is 1. The van der Waals surface area contributed by atoms with Crippen LogP contribution < -0.4 is 5.32 Å². The molecule has 1 heterocycles. The fourth-order valence-electron chi connectivity index (χ4n) is 1.62. The average Bonchev–Trinajstić information content (AvgIpc) is 2.28. The smallest absolute Gasteiger partial charge is 0.153 e. The van der Waals surface area contributed by atoms with Gasteiger partial charge in [0, 0.05) is 25.4 Å². The van der Waals surface area contributed by atoms with Gasteiger partial charge in [0.15, 0.2) is 9.84 Å². The molecule has 1 fully saturated rings. The van der Waals surface area contributed by atoms with Crippen molar-refractivity contribution in [2.24, 2.45) is 0 Å². The van der Waals surface area contributed by atoms with Crippen molar-refractivity contribution in [2.75, 3.05) is 25.5 Å². The molecule has 1 aliphatic rings. The standard InChI is InChI=1S/C11H21NO4S/c1-9(2)17(14,15)6-3-11(13)7-10-8-16-5-4-12-10/h9-10,12H,3-8H2,1-2H3. The van der Waals surface area contributed by atoms with Crippen LogP contribution in [0.5, 0.6) is 0 Å². The first-order valence-corrected chi connectivity index (χ1v) is 7.68. The molecule has 5 nitrogen and oxygen atoms in total. The van der Waals surface area contributed by atoms with E-state index in [1.165, 1.54) is 0 Å². The van der Waals surface area contributed by atoms with Gasteiger partial charge in [-0.1, -0.05) is 0 Å². The first kappa shape index (κ1) is 14.6. The van der Waals surface area contributed by atoms with Crippen LogP contribution in [0.4, 0.5) is 0 Å². The van der Waals surface area contributed by atoms with E-state index in [1.807, 2.05) is 0 Å². The van der Waals surface area contributed by atoms with Gasteiger partial charge in [-0.15, -0.1) is 0 Å². The van der Waals surface area contributed by atoms with Crippen LogP contribution in [0.1, 0.15) is 26.7 Å². The fourth-order valence-corrected chi connectivity index (χ4v) is 2.60. The third-order valence-electron chi connectivity index (χ3n) is 2.86. The summed E-state index contributed by atoms with van der Waals surface area (Å²) in [5.74, 6) is -0.0610. The first-order valence-electron chi connectivity index (χ1n) is 5.96. The summed E-state index contributed by atoms with van der Waals surface area (Å²) in [6, 6.07) is 0.0398. The van der Waals surface area contributed by atoms with E-state index in [0.717, 1.165) is 6.54 Å². The van der Waals surface area contributed by atoms with Crippen LogP contribution in [0, 0.1) is 0 Å². The van der Waals surface area contributed by atoms with E-state index < -0.39 is 15.1 Å². The monoisotopic (exact) mass is 263 g/mol. The number of ether oxygens (including phenoxy) is 1. The number of carbonyl (C=O) groups excluding carboxylic acids is 1. The molecule has 1 atom stereocenters. The quantitative estimate of drug-likeness (QED) is 0.738. The Hall–Kier alpha value is -0.460. The van der Waals surface area contributed by atoms with Crippen molar-refractivity contribution >= 4 is 15.6 Å². The van der Waals surface area contributed by atoms with Crippen LogP contribution in [0.15, 0.2) is 0 Å². The van der Waals surface area contributed by atoms with Crippen molar-refractivity contribution in [2.45, 2.75) is 38.0 Å². The summed E-state index contributed by atoms with van der Waals surface area (Å²) in [6.07, 6.45) is 0.465. The van der Waals surface area contributed by atoms with Gasteiger partial charge >= 0.3 is 0 Å². The summed E-state index contributed by atoms with van der Waals surface area (Å²) < 4.78 is 28.3. The van der Waals surface area contributed by atoms with E-state index in [-0.39, 0.29) is 24.0 Å². The number of morpholine rings is 1. The minimum atomic E-state index is -3.11. The van der Waals surface area contributed by atoms with Crippen LogP contribution in [-0.4, -0.2) is 51.0 Å². The second-order valence-corrected chi connectivity index (χ2v) is 7.31. The van der Waals surface area contributed by atoms with Crippen molar-refractivity contribution < 1.29 is 17.9 Å². The van der Waals surface area contributed by atoms with Gasteiger partial charge in [0.25, 0.3) is 0 Å². The van der Waals surface area contributed by atoms with Crippen molar-refractivity contribution in [3.05, 3.63) is 0 Å². The van der Waals surface area contributed by atoms with Gasteiger partial charge in [0.1, 0.15) is 5.78 Å². The molecular weight excluding hydrogens is 242 g/mol.